The predicted octanol–water partition coefficient (Wildman–Crippen LogP) is -0.181. The Morgan fingerprint density at radius 3 is 2.45 bits per heavy atom. The van der Waals surface area contributed by atoms with Gasteiger partial charge in [-0.15, -0.1) is 0 Å². The summed E-state index contributed by atoms with van der Waals surface area (Å²) in [6.45, 7) is 4.11. The topological polar surface area (TPSA) is 87.2 Å². The van der Waals surface area contributed by atoms with Gasteiger partial charge in [-0.25, -0.2) is 0 Å². The molecule has 1 aliphatic heterocycles. The number of nitrogens with zero attached hydrogens (tertiary/aromatic N) is 2. The molecule has 118 valence electrons. The summed E-state index contributed by atoms with van der Waals surface area (Å²) in [5.41, 5.74) is 0. The van der Waals surface area contributed by atoms with Crippen LogP contribution in [0.3, 0.4) is 0 Å². The van der Waals surface area contributed by atoms with Crippen molar-refractivity contribution in [1.29, 1.82) is 0 Å². The maximum Gasteiger partial charge on any atom is 0.309 e. The summed E-state index contributed by atoms with van der Waals surface area (Å²) in [7, 11) is -2.13. The molecule has 1 aliphatic rings. The first kappa shape index (κ1) is 17.4. The van der Waals surface area contributed by atoms with Crippen molar-refractivity contribution in [1.82, 2.24) is 8.61 Å². The first-order chi connectivity index (χ1) is 9.34. The highest BCUT2D eigenvalue weighted by atomic mass is 32.2. The number of aliphatic hydroxyl groups is 1. The van der Waals surface area contributed by atoms with Crippen LogP contribution < -0.4 is 0 Å². The van der Waals surface area contributed by atoms with Crippen molar-refractivity contribution >= 4 is 16.2 Å². The normalized spacial score (nSPS) is 20.1. The lowest BCUT2D eigenvalue weighted by Gasteiger charge is -2.34. The molecule has 0 radical (unpaired) electrons. The number of aliphatic hydroxyl groups excluding tert-OH is 1. The molecule has 0 aromatic carbocycles. The highest BCUT2D eigenvalue weighted by molar-refractivity contribution is 7.86. The molecular formula is C12H24N2O5S. The summed E-state index contributed by atoms with van der Waals surface area (Å²) in [5.74, 6) is -0.469. The Hall–Kier alpha value is -0.700. The lowest BCUT2D eigenvalue weighted by molar-refractivity contribution is -0.149. The monoisotopic (exact) mass is 308 g/mol. The molecule has 0 aromatic rings. The fourth-order valence-corrected chi connectivity index (χ4v) is 3.66. The van der Waals surface area contributed by atoms with Gasteiger partial charge in [-0.2, -0.15) is 17.0 Å². The number of hydrogen-bond acceptors (Lipinski definition) is 5. The molecule has 0 aromatic heterocycles. The van der Waals surface area contributed by atoms with Gasteiger partial charge >= 0.3 is 5.97 Å². The van der Waals surface area contributed by atoms with Gasteiger partial charge < -0.3 is 9.84 Å². The molecular weight excluding hydrogens is 284 g/mol. The minimum absolute atomic E-state index is 0.220. The van der Waals surface area contributed by atoms with Crippen LogP contribution >= 0.6 is 0 Å². The summed E-state index contributed by atoms with van der Waals surface area (Å²) >= 11 is 0. The zero-order valence-electron chi connectivity index (χ0n) is 12.3. The minimum Gasteiger partial charge on any atom is -0.466 e. The average molecular weight is 308 g/mol. The van der Waals surface area contributed by atoms with Gasteiger partial charge in [0.05, 0.1) is 19.1 Å². The molecule has 0 saturated carbocycles. The molecule has 0 amide bonds. The molecule has 1 fully saturated rings. The maximum atomic E-state index is 12.3. The van der Waals surface area contributed by atoms with Crippen molar-refractivity contribution in [2.75, 3.05) is 33.4 Å². The van der Waals surface area contributed by atoms with Gasteiger partial charge in [0.1, 0.15) is 0 Å². The van der Waals surface area contributed by atoms with Crippen molar-refractivity contribution < 1.29 is 23.1 Å². The Morgan fingerprint density at radius 2 is 2.00 bits per heavy atom. The van der Waals surface area contributed by atoms with Crippen molar-refractivity contribution in [2.24, 2.45) is 5.92 Å². The van der Waals surface area contributed by atoms with Gasteiger partial charge in [0, 0.05) is 26.2 Å². The molecule has 1 rings (SSSR count). The van der Waals surface area contributed by atoms with E-state index < -0.39 is 16.3 Å². The molecule has 7 nitrogen and oxygen atoms in total. The summed E-state index contributed by atoms with van der Waals surface area (Å²) < 4.78 is 32.1. The molecule has 1 atom stereocenters. The van der Waals surface area contributed by atoms with Crippen LogP contribution in [0.25, 0.3) is 0 Å². The van der Waals surface area contributed by atoms with Crippen LogP contribution in [0.5, 0.6) is 0 Å². The standard InChI is InChI=1S/C12H24N2O5S/c1-4-19-12(16)11-5-7-14(8-6-11)20(17,18)13(3)10(2)9-15/h10-11,15H,4-9H2,1-3H3. The molecule has 8 heteroatoms. The van der Waals surface area contributed by atoms with Gasteiger partial charge in [0.2, 0.25) is 0 Å². The summed E-state index contributed by atoms with van der Waals surface area (Å²) in [6.07, 6.45) is 0.943. The van der Waals surface area contributed by atoms with Crippen molar-refractivity contribution in [3.8, 4) is 0 Å². The number of ether oxygens (including phenoxy) is 1. The SMILES string of the molecule is CCOC(=O)C1CCN(S(=O)(=O)N(C)C(C)CO)CC1. The van der Waals surface area contributed by atoms with Crippen LogP contribution in [-0.2, 0) is 19.7 Å². The third-order valence-electron chi connectivity index (χ3n) is 3.65. The Kier molecular flexibility index (Phi) is 6.38. The Bertz CT molecular complexity index is 418. The van der Waals surface area contributed by atoms with Gasteiger partial charge in [-0.3, -0.25) is 4.79 Å². The fraction of sp³-hybridized carbons (Fsp3) is 0.917. The lowest BCUT2D eigenvalue weighted by Crippen LogP contribution is -2.49. The number of hydrogen-bond donors (Lipinski definition) is 1. The van der Waals surface area contributed by atoms with Gasteiger partial charge in [0.15, 0.2) is 0 Å². The number of carbonyl (C=O) groups excluding carboxylic acids is 1. The number of rotatable bonds is 6. The fourth-order valence-electron chi connectivity index (χ4n) is 2.11. The molecule has 1 heterocycles. The molecule has 1 unspecified atom stereocenters. The second-order valence-electron chi connectivity index (χ2n) is 4.98. The van der Waals surface area contributed by atoms with E-state index in [1.165, 1.54) is 11.4 Å². The quantitative estimate of drug-likeness (QED) is 0.688. The van der Waals surface area contributed by atoms with E-state index in [-0.39, 0.29) is 18.5 Å². The van der Waals surface area contributed by atoms with Crippen molar-refractivity contribution in [3.63, 3.8) is 0 Å². The third kappa shape index (κ3) is 3.91. The maximum absolute atomic E-state index is 12.3. The molecule has 0 spiro atoms. The Balaban J connectivity index is 2.62. The van der Waals surface area contributed by atoms with Gasteiger partial charge in [-0.05, 0) is 26.7 Å². The smallest absolute Gasteiger partial charge is 0.309 e. The first-order valence-electron chi connectivity index (χ1n) is 6.85. The lowest BCUT2D eigenvalue weighted by atomic mass is 9.98. The summed E-state index contributed by atoms with van der Waals surface area (Å²) in [4.78, 5) is 11.6. The second-order valence-corrected chi connectivity index (χ2v) is 6.97. The second kappa shape index (κ2) is 7.35. The van der Waals surface area contributed by atoms with Crippen molar-refractivity contribution in [3.05, 3.63) is 0 Å². The summed E-state index contributed by atoms with van der Waals surface area (Å²) in [6, 6.07) is -0.470. The van der Waals surface area contributed by atoms with Crippen LogP contribution in [0, 0.1) is 5.92 Å². The van der Waals surface area contributed by atoms with E-state index in [0.29, 0.717) is 32.5 Å². The van der Waals surface area contributed by atoms with Gasteiger partial charge in [-0.1, -0.05) is 0 Å². The van der Waals surface area contributed by atoms with Crippen LogP contribution in [0.4, 0.5) is 0 Å². The van der Waals surface area contributed by atoms with Gasteiger partial charge in [0.25, 0.3) is 10.2 Å². The minimum atomic E-state index is -3.58. The summed E-state index contributed by atoms with van der Waals surface area (Å²) in [5, 5.41) is 9.05. The van der Waals surface area contributed by atoms with E-state index in [0.717, 1.165) is 4.31 Å². The van der Waals surface area contributed by atoms with Crippen molar-refractivity contribution in [2.45, 2.75) is 32.7 Å². The number of piperidine rings is 1. The Labute approximate surface area is 120 Å². The van der Waals surface area contributed by atoms with E-state index in [4.69, 9.17) is 9.84 Å². The molecule has 0 aliphatic carbocycles. The first-order valence-corrected chi connectivity index (χ1v) is 8.24. The zero-order chi connectivity index (χ0) is 15.3. The highest BCUT2D eigenvalue weighted by Crippen LogP contribution is 2.22. The molecule has 0 bridgehead atoms. The number of carbonyl (C=O) groups is 1. The van der Waals surface area contributed by atoms with E-state index in [1.807, 2.05) is 0 Å². The van der Waals surface area contributed by atoms with Crippen LogP contribution in [0.1, 0.15) is 26.7 Å². The number of esters is 1. The van der Waals surface area contributed by atoms with E-state index in [9.17, 15) is 13.2 Å². The Morgan fingerprint density at radius 1 is 1.45 bits per heavy atom. The molecule has 1 N–H and O–H groups in total. The van der Waals surface area contributed by atoms with E-state index in [1.54, 1.807) is 13.8 Å². The predicted molar refractivity (Wildman–Crippen MR) is 74.2 cm³/mol. The average Bonchev–Trinajstić information content (AvgIpc) is 2.45. The van der Waals surface area contributed by atoms with E-state index in [2.05, 4.69) is 0 Å². The van der Waals surface area contributed by atoms with Crippen LogP contribution in [0.15, 0.2) is 0 Å². The molecule has 20 heavy (non-hydrogen) atoms. The largest absolute Gasteiger partial charge is 0.466 e. The van der Waals surface area contributed by atoms with Crippen LogP contribution in [-0.4, -0.2) is 67.5 Å². The highest BCUT2D eigenvalue weighted by Gasteiger charge is 2.35. The number of likely N-dealkylation sites (N-methyl/N-ethyl adjacent to an activating group) is 1. The van der Waals surface area contributed by atoms with Crippen LogP contribution in [0.2, 0.25) is 0 Å². The zero-order valence-corrected chi connectivity index (χ0v) is 13.1. The van der Waals surface area contributed by atoms with E-state index >= 15 is 0 Å². The molecule has 1 saturated heterocycles. The third-order valence-corrected chi connectivity index (χ3v) is 5.75.